The number of aryl methyl sites for hydroxylation is 1. The molecule has 0 spiro atoms. The molecule has 7 heteroatoms. The SMILES string of the molecule is COc1ccc(S(=O)(=O)N[C@@H](Cc2ccccc2)C(=O)N2CCc3ccccc3C2)cc1C. The minimum atomic E-state index is -3.92. The van der Waals surface area contributed by atoms with Crippen LogP contribution in [0.4, 0.5) is 0 Å². The molecule has 0 fully saturated rings. The molecule has 0 radical (unpaired) electrons. The minimum absolute atomic E-state index is 0.107. The van der Waals surface area contributed by atoms with E-state index in [-0.39, 0.29) is 17.2 Å². The highest BCUT2D eigenvalue weighted by atomic mass is 32.2. The fourth-order valence-electron chi connectivity index (χ4n) is 4.21. The zero-order valence-electron chi connectivity index (χ0n) is 18.8. The van der Waals surface area contributed by atoms with E-state index in [4.69, 9.17) is 4.74 Å². The van der Waals surface area contributed by atoms with Crippen LogP contribution < -0.4 is 9.46 Å². The van der Waals surface area contributed by atoms with Gasteiger partial charge in [-0.15, -0.1) is 0 Å². The standard InChI is InChI=1S/C26H28N2O4S/c1-19-16-23(12-13-25(19)32-2)33(30,31)27-24(17-20-8-4-3-5-9-20)26(29)28-15-14-21-10-6-7-11-22(21)18-28/h3-13,16,24,27H,14-15,17-18H2,1-2H3/t24-/m0/s1. The Morgan fingerprint density at radius 3 is 2.42 bits per heavy atom. The summed E-state index contributed by atoms with van der Waals surface area (Å²) in [7, 11) is -2.38. The van der Waals surface area contributed by atoms with Crippen LogP contribution in [0, 0.1) is 6.92 Å². The van der Waals surface area contributed by atoms with Crippen molar-refractivity contribution in [3.05, 3.63) is 95.1 Å². The smallest absolute Gasteiger partial charge is 0.241 e. The van der Waals surface area contributed by atoms with E-state index in [9.17, 15) is 13.2 Å². The summed E-state index contributed by atoms with van der Waals surface area (Å²) in [5.41, 5.74) is 3.93. The predicted octanol–water partition coefficient (Wildman–Crippen LogP) is 3.48. The van der Waals surface area contributed by atoms with Crippen LogP contribution in [-0.4, -0.2) is 38.9 Å². The van der Waals surface area contributed by atoms with Crippen LogP contribution >= 0.6 is 0 Å². The summed E-state index contributed by atoms with van der Waals surface area (Å²) in [6.07, 6.45) is 1.02. The van der Waals surface area contributed by atoms with Gasteiger partial charge in [0.05, 0.1) is 12.0 Å². The first-order valence-electron chi connectivity index (χ1n) is 10.9. The van der Waals surface area contributed by atoms with Gasteiger partial charge in [0.2, 0.25) is 15.9 Å². The Labute approximate surface area is 195 Å². The van der Waals surface area contributed by atoms with Crippen LogP contribution in [0.25, 0.3) is 0 Å². The molecule has 1 aliphatic rings. The van der Waals surface area contributed by atoms with Crippen molar-refractivity contribution >= 4 is 15.9 Å². The minimum Gasteiger partial charge on any atom is -0.496 e. The summed E-state index contributed by atoms with van der Waals surface area (Å²) >= 11 is 0. The maximum absolute atomic E-state index is 13.6. The number of hydrogen-bond donors (Lipinski definition) is 1. The summed E-state index contributed by atoms with van der Waals surface area (Å²) < 4.78 is 34.4. The van der Waals surface area contributed by atoms with E-state index in [1.165, 1.54) is 11.6 Å². The van der Waals surface area contributed by atoms with Crippen molar-refractivity contribution in [2.24, 2.45) is 0 Å². The highest BCUT2D eigenvalue weighted by molar-refractivity contribution is 7.89. The molecule has 0 saturated heterocycles. The van der Waals surface area contributed by atoms with Crippen molar-refractivity contribution in [2.45, 2.75) is 37.2 Å². The van der Waals surface area contributed by atoms with Gasteiger partial charge in [0.25, 0.3) is 0 Å². The third-order valence-corrected chi connectivity index (χ3v) is 7.47. The molecule has 0 bridgehead atoms. The molecule has 172 valence electrons. The Morgan fingerprint density at radius 1 is 1.03 bits per heavy atom. The summed E-state index contributed by atoms with van der Waals surface area (Å²) in [5, 5.41) is 0. The fourth-order valence-corrected chi connectivity index (χ4v) is 5.48. The lowest BCUT2D eigenvalue weighted by Crippen LogP contribution is -2.50. The van der Waals surface area contributed by atoms with Gasteiger partial charge in [0.15, 0.2) is 0 Å². The predicted molar refractivity (Wildman–Crippen MR) is 128 cm³/mol. The molecule has 1 amide bonds. The number of amides is 1. The molecule has 0 aromatic heterocycles. The Balaban J connectivity index is 1.61. The second-order valence-electron chi connectivity index (χ2n) is 8.27. The zero-order chi connectivity index (χ0) is 23.4. The second-order valence-corrected chi connectivity index (χ2v) is 9.99. The lowest BCUT2D eigenvalue weighted by molar-refractivity contribution is -0.133. The number of benzene rings is 3. The number of carbonyl (C=O) groups is 1. The molecule has 0 saturated carbocycles. The van der Waals surface area contributed by atoms with Crippen LogP contribution in [0.3, 0.4) is 0 Å². The maximum atomic E-state index is 13.6. The van der Waals surface area contributed by atoms with Gasteiger partial charge in [-0.05, 0) is 60.2 Å². The summed E-state index contributed by atoms with van der Waals surface area (Å²) in [5.74, 6) is 0.389. The van der Waals surface area contributed by atoms with E-state index in [1.807, 2.05) is 48.5 Å². The number of hydrogen-bond acceptors (Lipinski definition) is 4. The number of nitrogens with zero attached hydrogens (tertiary/aromatic N) is 1. The lowest BCUT2D eigenvalue weighted by atomic mass is 9.98. The fraction of sp³-hybridized carbons (Fsp3) is 0.269. The number of sulfonamides is 1. The first-order chi connectivity index (χ1) is 15.9. The topological polar surface area (TPSA) is 75.7 Å². The number of carbonyl (C=O) groups excluding carboxylic acids is 1. The summed E-state index contributed by atoms with van der Waals surface area (Å²) in [6, 6.07) is 21.3. The Hall–Kier alpha value is -3.16. The van der Waals surface area contributed by atoms with Crippen LogP contribution in [0.1, 0.15) is 22.3 Å². The van der Waals surface area contributed by atoms with Crippen molar-refractivity contribution in [3.63, 3.8) is 0 Å². The Bertz CT molecular complexity index is 1240. The van der Waals surface area contributed by atoms with Crippen molar-refractivity contribution in [3.8, 4) is 5.75 Å². The van der Waals surface area contributed by atoms with Gasteiger partial charge in [-0.2, -0.15) is 4.72 Å². The highest BCUT2D eigenvalue weighted by Gasteiger charge is 2.31. The van der Waals surface area contributed by atoms with Crippen molar-refractivity contribution < 1.29 is 17.9 Å². The monoisotopic (exact) mass is 464 g/mol. The number of fused-ring (bicyclic) bond motifs is 1. The molecule has 3 aromatic rings. The van der Waals surface area contributed by atoms with E-state index in [0.29, 0.717) is 24.4 Å². The van der Waals surface area contributed by atoms with Crippen LogP contribution in [-0.2, 0) is 34.2 Å². The van der Waals surface area contributed by atoms with Crippen LogP contribution in [0.5, 0.6) is 5.75 Å². The Morgan fingerprint density at radius 2 is 1.73 bits per heavy atom. The van der Waals surface area contributed by atoms with E-state index in [1.54, 1.807) is 31.1 Å². The first-order valence-corrected chi connectivity index (χ1v) is 12.4. The molecule has 6 nitrogen and oxygen atoms in total. The molecular weight excluding hydrogens is 436 g/mol. The molecule has 1 N–H and O–H groups in total. The van der Waals surface area contributed by atoms with Gasteiger partial charge < -0.3 is 9.64 Å². The molecule has 33 heavy (non-hydrogen) atoms. The molecule has 4 rings (SSSR count). The van der Waals surface area contributed by atoms with Crippen molar-refractivity contribution in [1.82, 2.24) is 9.62 Å². The maximum Gasteiger partial charge on any atom is 0.241 e. The molecular formula is C26H28N2O4S. The van der Waals surface area contributed by atoms with Gasteiger partial charge in [-0.3, -0.25) is 4.79 Å². The number of nitrogens with one attached hydrogen (secondary N) is 1. The molecule has 3 aromatic carbocycles. The Kier molecular flexibility index (Phi) is 6.81. The quantitative estimate of drug-likeness (QED) is 0.581. The molecule has 1 atom stereocenters. The van der Waals surface area contributed by atoms with E-state index in [2.05, 4.69) is 10.8 Å². The molecule has 0 unspecified atom stereocenters. The van der Waals surface area contributed by atoms with Gasteiger partial charge >= 0.3 is 0 Å². The van der Waals surface area contributed by atoms with E-state index in [0.717, 1.165) is 17.5 Å². The average Bonchev–Trinajstić information content (AvgIpc) is 2.83. The van der Waals surface area contributed by atoms with Gasteiger partial charge in [-0.1, -0.05) is 54.6 Å². The molecule has 1 heterocycles. The molecule has 0 aliphatic carbocycles. The van der Waals surface area contributed by atoms with Crippen LogP contribution in [0.15, 0.2) is 77.7 Å². The number of rotatable bonds is 7. The molecule has 1 aliphatic heterocycles. The number of methoxy groups -OCH3 is 1. The number of ether oxygens (including phenoxy) is 1. The summed E-state index contributed by atoms with van der Waals surface area (Å²) in [4.78, 5) is 15.4. The van der Waals surface area contributed by atoms with E-state index >= 15 is 0 Å². The van der Waals surface area contributed by atoms with Gasteiger partial charge in [0, 0.05) is 13.1 Å². The average molecular weight is 465 g/mol. The third kappa shape index (κ3) is 5.26. The third-order valence-electron chi connectivity index (χ3n) is 6.00. The largest absolute Gasteiger partial charge is 0.496 e. The van der Waals surface area contributed by atoms with Crippen molar-refractivity contribution in [2.75, 3.05) is 13.7 Å². The lowest BCUT2D eigenvalue weighted by Gasteiger charge is -2.32. The summed E-state index contributed by atoms with van der Waals surface area (Å²) in [6.45, 7) is 2.82. The normalized spacial score (nSPS) is 14.4. The van der Waals surface area contributed by atoms with Gasteiger partial charge in [-0.25, -0.2) is 8.42 Å². The van der Waals surface area contributed by atoms with Crippen LogP contribution in [0.2, 0.25) is 0 Å². The van der Waals surface area contributed by atoms with E-state index < -0.39 is 16.1 Å². The zero-order valence-corrected chi connectivity index (χ0v) is 19.6. The van der Waals surface area contributed by atoms with Crippen molar-refractivity contribution in [1.29, 1.82) is 0 Å². The first kappa shape index (κ1) is 23.0. The highest BCUT2D eigenvalue weighted by Crippen LogP contribution is 2.23. The second kappa shape index (κ2) is 9.77. The van der Waals surface area contributed by atoms with Gasteiger partial charge in [0.1, 0.15) is 11.8 Å².